The van der Waals surface area contributed by atoms with E-state index in [2.05, 4.69) is 15.5 Å². The number of thioether (sulfide) groups is 1. The lowest BCUT2D eigenvalue weighted by atomic mass is 10.2. The van der Waals surface area contributed by atoms with E-state index in [4.69, 9.17) is 4.74 Å². The van der Waals surface area contributed by atoms with Crippen LogP contribution in [0.3, 0.4) is 0 Å². The van der Waals surface area contributed by atoms with Gasteiger partial charge < -0.3 is 14.6 Å². The standard InChI is InChI=1S/C23H26N4O3S/c1-3-5-15-30-22(29)18-11-13-19(14-12-18)24-20(28)16-31-23-26-25-21(27(23)4-2)17-9-7-6-8-10-17/h6-14H,3-5,15-16H2,1-2H3,(H,24,28). The monoisotopic (exact) mass is 438 g/mol. The van der Waals surface area contributed by atoms with E-state index >= 15 is 0 Å². The summed E-state index contributed by atoms with van der Waals surface area (Å²) in [6.45, 7) is 5.18. The Morgan fingerprint density at radius 2 is 1.77 bits per heavy atom. The van der Waals surface area contributed by atoms with Crippen LogP contribution in [-0.4, -0.2) is 39.0 Å². The van der Waals surface area contributed by atoms with Crippen LogP contribution < -0.4 is 5.32 Å². The minimum Gasteiger partial charge on any atom is -0.462 e. The molecule has 0 saturated carbocycles. The first kappa shape index (κ1) is 22.6. The fourth-order valence-electron chi connectivity index (χ4n) is 2.89. The summed E-state index contributed by atoms with van der Waals surface area (Å²) in [6, 6.07) is 16.5. The Kier molecular flexibility index (Phi) is 8.23. The molecular weight excluding hydrogens is 412 g/mol. The van der Waals surface area contributed by atoms with Gasteiger partial charge >= 0.3 is 5.97 Å². The minimum absolute atomic E-state index is 0.157. The molecule has 3 aromatic rings. The van der Waals surface area contributed by atoms with E-state index in [0.717, 1.165) is 24.2 Å². The zero-order valence-electron chi connectivity index (χ0n) is 17.7. The highest BCUT2D eigenvalue weighted by molar-refractivity contribution is 7.99. The second kappa shape index (κ2) is 11.3. The van der Waals surface area contributed by atoms with E-state index in [-0.39, 0.29) is 17.6 Å². The van der Waals surface area contributed by atoms with Crippen LogP contribution in [0.2, 0.25) is 0 Å². The molecule has 0 radical (unpaired) electrons. The van der Waals surface area contributed by atoms with Crippen LogP contribution in [0.4, 0.5) is 5.69 Å². The number of hydrogen-bond acceptors (Lipinski definition) is 6. The summed E-state index contributed by atoms with van der Waals surface area (Å²) in [6.07, 6.45) is 1.81. The van der Waals surface area contributed by atoms with Crippen molar-refractivity contribution in [1.29, 1.82) is 0 Å². The van der Waals surface area contributed by atoms with Gasteiger partial charge in [-0.25, -0.2) is 4.79 Å². The van der Waals surface area contributed by atoms with Crippen molar-refractivity contribution in [1.82, 2.24) is 14.8 Å². The molecule has 0 aliphatic rings. The molecule has 0 atom stereocenters. The molecule has 2 aromatic carbocycles. The Hall–Kier alpha value is -3.13. The third kappa shape index (κ3) is 6.18. The molecule has 3 rings (SSSR count). The number of rotatable bonds is 10. The Bertz CT molecular complexity index is 1000. The Labute approximate surface area is 186 Å². The van der Waals surface area contributed by atoms with Crippen LogP contribution >= 0.6 is 11.8 Å². The molecule has 0 unspecified atom stereocenters. The smallest absolute Gasteiger partial charge is 0.338 e. The van der Waals surface area contributed by atoms with Crippen LogP contribution in [0.1, 0.15) is 37.0 Å². The number of hydrogen-bond donors (Lipinski definition) is 1. The predicted octanol–water partition coefficient (Wildman–Crippen LogP) is 4.65. The van der Waals surface area contributed by atoms with Gasteiger partial charge in [-0.1, -0.05) is 55.4 Å². The average molecular weight is 439 g/mol. The molecule has 1 aromatic heterocycles. The maximum atomic E-state index is 12.4. The van der Waals surface area contributed by atoms with Crippen molar-refractivity contribution in [3.63, 3.8) is 0 Å². The minimum atomic E-state index is -0.352. The molecule has 31 heavy (non-hydrogen) atoms. The quantitative estimate of drug-likeness (QED) is 0.282. The fraction of sp³-hybridized carbons (Fsp3) is 0.304. The van der Waals surface area contributed by atoms with Gasteiger partial charge in [-0.2, -0.15) is 0 Å². The number of nitrogens with zero attached hydrogens (tertiary/aromatic N) is 3. The summed E-state index contributed by atoms with van der Waals surface area (Å²) in [4.78, 5) is 24.3. The third-order valence-corrected chi connectivity index (χ3v) is 5.50. The third-order valence-electron chi connectivity index (χ3n) is 4.53. The van der Waals surface area contributed by atoms with Crippen molar-refractivity contribution >= 4 is 29.3 Å². The van der Waals surface area contributed by atoms with Gasteiger partial charge in [-0.15, -0.1) is 10.2 Å². The molecule has 0 aliphatic carbocycles. The molecule has 0 aliphatic heterocycles. The molecule has 0 spiro atoms. The van der Waals surface area contributed by atoms with E-state index in [1.807, 2.05) is 48.7 Å². The van der Waals surface area contributed by atoms with Gasteiger partial charge in [0.05, 0.1) is 17.9 Å². The lowest BCUT2D eigenvalue weighted by Gasteiger charge is -2.08. The number of amides is 1. The van der Waals surface area contributed by atoms with E-state index in [1.54, 1.807) is 24.3 Å². The summed E-state index contributed by atoms with van der Waals surface area (Å²) in [5.74, 6) is 0.478. The summed E-state index contributed by atoms with van der Waals surface area (Å²) in [7, 11) is 0. The van der Waals surface area contributed by atoms with Crippen LogP contribution in [0, 0.1) is 0 Å². The summed E-state index contributed by atoms with van der Waals surface area (Å²) in [5, 5.41) is 12.1. The first-order valence-electron chi connectivity index (χ1n) is 10.3. The van der Waals surface area contributed by atoms with Crippen molar-refractivity contribution in [2.45, 2.75) is 38.4 Å². The SMILES string of the molecule is CCCCOC(=O)c1ccc(NC(=O)CSc2nnc(-c3ccccc3)n2CC)cc1. The van der Waals surface area contributed by atoms with Crippen molar-refractivity contribution in [2.24, 2.45) is 0 Å². The molecule has 0 bridgehead atoms. The highest BCUT2D eigenvalue weighted by Crippen LogP contribution is 2.24. The maximum absolute atomic E-state index is 12.4. The van der Waals surface area contributed by atoms with Crippen molar-refractivity contribution in [3.05, 3.63) is 60.2 Å². The normalized spacial score (nSPS) is 10.6. The van der Waals surface area contributed by atoms with Crippen LogP contribution in [0.15, 0.2) is 59.8 Å². The second-order valence-corrected chi connectivity index (χ2v) is 7.76. The average Bonchev–Trinajstić information content (AvgIpc) is 3.22. The summed E-state index contributed by atoms with van der Waals surface area (Å²) < 4.78 is 7.18. The van der Waals surface area contributed by atoms with Crippen molar-refractivity contribution < 1.29 is 14.3 Å². The highest BCUT2D eigenvalue weighted by atomic mass is 32.2. The Morgan fingerprint density at radius 3 is 2.45 bits per heavy atom. The number of carbonyl (C=O) groups is 2. The van der Waals surface area contributed by atoms with Crippen LogP contribution in [0.25, 0.3) is 11.4 Å². The molecule has 8 heteroatoms. The molecule has 162 valence electrons. The van der Waals surface area contributed by atoms with Gasteiger partial charge in [-0.3, -0.25) is 4.79 Å². The van der Waals surface area contributed by atoms with Gasteiger partial charge in [0.15, 0.2) is 11.0 Å². The van der Waals surface area contributed by atoms with Crippen molar-refractivity contribution in [2.75, 3.05) is 17.7 Å². The van der Waals surface area contributed by atoms with Crippen LogP contribution in [0.5, 0.6) is 0 Å². The number of anilines is 1. The van der Waals surface area contributed by atoms with Crippen molar-refractivity contribution in [3.8, 4) is 11.4 Å². The molecule has 0 fully saturated rings. The van der Waals surface area contributed by atoms with Gasteiger partial charge in [0.2, 0.25) is 5.91 Å². The summed E-state index contributed by atoms with van der Waals surface area (Å²) in [5.41, 5.74) is 2.08. The number of esters is 1. The van der Waals surface area contributed by atoms with E-state index in [9.17, 15) is 9.59 Å². The van der Waals surface area contributed by atoms with Gasteiger partial charge in [0, 0.05) is 17.8 Å². The molecule has 1 N–H and O–H groups in total. The van der Waals surface area contributed by atoms with E-state index in [1.165, 1.54) is 11.8 Å². The number of benzene rings is 2. The number of aromatic nitrogens is 3. The predicted molar refractivity (Wildman–Crippen MR) is 122 cm³/mol. The number of nitrogens with one attached hydrogen (secondary N) is 1. The van der Waals surface area contributed by atoms with Gasteiger partial charge in [0.25, 0.3) is 0 Å². The number of carbonyl (C=O) groups excluding carboxylic acids is 2. The number of unbranched alkanes of at least 4 members (excludes halogenated alkanes) is 1. The zero-order chi connectivity index (χ0) is 22.1. The highest BCUT2D eigenvalue weighted by Gasteiger charge is 2.15. The first-order chi connectivity index (χ1) is 15.1. The fourth-order valence-corrected chi connectivity index (χ4v) is 3.69. The van der Waals surface area contributed by atoms with E-state index < -0.39 is 0 Å². The molecule has 1 heterocycles. The number of ether oxygens (including phenoxy) is 1. The van der Waals surface area contributed by atoms with E-state index in [0.29, 0.717) is 29.6 Å². The molecule has 7 nitrogen and oxygen atoms in total. The lowest BCUT2D eigenvalue weighted by molar-refractivity contribution is -0.113. The van der Waals surface area contributed by atoms with Gasteiger partial charge in [-0.05, 0) is 37.6 Å². The Morgan fingerprint density at radius 1 is 1.03 bits per heavy atom. The van der Waals surface area contributed by atoms with Crippen LogP contribution in [-0.2, 0) is 16.1 Å². The van der Waals surface area contributed by atoms with Gasteiger partial charge in [0.1, 0.15) is 0 Å². The first-order valence-corrected chi connectivity index (χ1v) is 11.3. The molecule has 0 saturated heterocycles. The Balaban J connectivity index is 1.55. The zero-order valence-corrected chi connectivity index (χ0v) is 18.5. The molecular formula is C23H26N4O3S. The topological polar surface area (TPSA) is 86.1 Å². The summed E-state index contributed by atoms with van der Waals surface area (Å²) >= 11 is 1.34. The largest absolute Gasteiger partial charge is 0.462 e. The lowest BCUT2D eigenvalue weighted by Crippen LogP contribution is -2.15. The maximum Gasteiger partial charge on any atom is 0.338 e. The second-order valence-electron chi connectivity index (χ2n) is 6.82. The molecule has 1 amide bonds.